The van der Waals surface area contributed by atoms with Gasteiger partial charge in [-0.15, -0.1) is 11.8 Å². The molecule has 1 aromatic carbocycles. The average molecular weight is 388 g/mol. The van der Waals surface area contributed by atoms with Crippen molar-refractivity contribution in [3.05, 3.63) is 35.9 Å². The third kappa shape index (κ3) is 3.01. The van der Waals surface area contributed by atoms with E-state index < -0.39 is 29.4 Å². The van der Waals surface area contributed by atoms with Gasteiger partial charge in [-0.3, -0.25) is 19.3 Å². The molecule has 0 aliphatic carbocycles. The first kappa shape index (κ1) is 18.0. The van der Waals surface area contributed by atoms with Crippen LogP contribution in [0.1, 0.15) is 31.2 Å². The van der Waals surface area contributed by atoms with Crippen molar-refractivity contribution in [3.63, 3.8) is 0 Å². The van der Waals surface area contributed by atoms with Crippen molar-refractivity contribution in [1.29, 1.82) is 0 Å². The molecule has 3 aliphatic rings. The molecule has 3 heterocycles. The third-order valence-corrected chi connectivity index (χ3v) is 6.93. The molecule has 0 bridgehead atoms. The minimum absolute atomic E-state index is 0.0770. The number of benzene rings is 1. The van der Waals surface area contributed by atoms with Crippen LogP contribution >= 0.6 is 11.8 Å². The fourth-order valence-electron chi connectivity index (χ4n) is 4.03. The SMILES string of the molecule is O=C(OCC(=O)N1CCCC1=O)[C@@H]1CS[C@@]2(c3ccccc3)CCC(=O)N12. The number of esters is 1. The number of ether oxygens (including phenoxy) is 1. The van der Waals surface area contributed by atoms with Crippen LogP contribution in [0.15, 0.2) is 30.3 Å². The number of thioether (sulfide) groups is 1. The summed E-state index contributed by atoms with van der Waals surface area (Å²) in [5, 5.41) is 0. The average Bonchev–Trinajstić information content (AvgIpc) is 3.36. The van der Waals surface area contributed by atoms with Gasteiger partial charge in [0.25, 0.3) is 5.91 Å². The lowest BCUT2D eigenvalue weighted by Gasteiger charge is -2.33. The van der Waals surface area contributed by atoms with Gasteiger partial charge in [0, 0.05) is 25.1 Å². The van der Waals surface area contributed by atoms with Gasteiger partial charge in [0.2, 0.25) is 11.8 Å². The van der Waals surface area contributed by atoms with Crippen LogP contribution in [0.4, 0.5) is 0 Å². The predicted molar refractivity (Wildman–Crippen MR) is 97.4 cm³/mol. The molecule has 1 aromatic rings. The molecule has 27 heavy (non-hydrogen) atoms. The Morgan fingerprint density at radius 2 is 1.93 bits per heavy atom. The van der Waals surface area contributed by atoms with Gasteiger partial charge in [-0.05, 0) is 18.4 Å². The van der Waals surface area contributed by atoms with E-state index in [2.05, 4.69) is 0 Å². The lowest BCUT2D eigenvalue weighted by molar-refractivity contribution is -0.159. The summed E-state index contributed by atoms with van der Waals surface area (Å²) in [4.78, 5) is 51.1. The summed E-state index contributed by atoms with van der Waals surface area (Å²) in [6.45, 7) is -0.0949. The molecule has 3 aliphatic heterocycles. The number of hydrogen-bond donors (Lipinski definition) is 0. The second-order valence-corrected chi connectivity index (χ2v) is 8.19. The van der Waals surface area contributed by atoms with E-state index in [1.807, 2.05) is 30.3 Å². The number of carbonyl (C=O) groups excluding carboxylic acids is 4. The Hall–Kier alpha value is -2.35. The van der Waals surface area contributed by atoms with Crippen LogP contribution in [0, 0.1) is 0 Å². The molecule has 0 unspecified atom stereocenters. The summed E-state index contributed by atoms with van der Waals surface area (Å²) in [7, 11) is 0. The number of nitrogens with zero attached hydrogens (tertiary/aromatic N) is 2. The standard InChI is InChI=1S/C19H20N2O5S/c22-15-7-4-10-20(15)17(24)11-26-18(25)14-12-27-19(9-8-16(23)21(14)19)13-5-2-1-3-6-13/h1-3,5-6,14H,4,7-12H2/t14-,19+/m0/s1. The number of fused-ring (bicyclic) bond motifs is 1. The van der Waals surface area contributed by atoms with Gasteiger partial charge in [0.1, 0.15) is 10.9 Å². The topological polar surface area (TPSA) is 84.0 Å². The number of amides is 3. The van der Waals surface area contributed by atoms with E-state index in [9.17, 15) is 19.2 Å². The van der Waals surface area contributed by atoms with Gasteiger partial charge in [0.15, 0.2) is 6.61 Å². The third-order valence-electron chi connectivity index (χ3n) is 5.34. The van der Waals surface area contributed by atoms with Crippen molar-refractivity contribution in [1.82, 2.24) is 9.80 Å². The predicted octanol–water partition coefficient (Wildman–Crippen LogP) is 1.27. The van der Waals surface area contributed by atoms with Crippen LogP contribution < -0.4 is 0 Å². The highest BCUT2D eigenvalue weighted by molar-refractivity contribution is 8.00. The largest absolute Gasteiger partial charge is 0.454 e. The highest BCUT2D eigenvalue weighted by Gasteiger charge is 2.57. The Balaban J connectivity index is 1.46. The summed E-state index contributed by atoms with van der Waals surface area (Å²) < 4.78 is 5.20. The zero-order valence-electron chi connectivity index (χ0n) is 14.8. The van der Waals surface area contributed by atoms with Gasteiger partial charge in [0.05, 0.1) is 0 Å². The van der Waals surface area contributed by atoms with Crippen LogP contribution in [0.25, 0.3) is 0 Å². The maximum atomic E-state index is 12.6. The summed E-state index contributed by atoms with van der Waals surface area (Å²) in [6.07, 6.45) is 2.01. The molecule has 0 saturated carbocycles. The highest BCUT2D eigenvalue weighted by Crippen LogP contribution is 2.54. The summed E-state index contributed by atoms with van der Waals surface area (Å²) in [6, 6.07) is 8.97. The monoisotopic (exact) mass is 388 g/mol. The molecule has 7 nitrogen and oxygen atoms in total. The number of hydrogen-bond acceptors (Lipinski definition) is 6. The molecule has 8 heteroatoms. The fourth-order valence-corrected chi connectivity index (χ4v) is 5.67. The van der Waals surface area contributed by atoms with E-state index in [-0.39, 0.29) is 11.8 Å². The lowest BCUT2D eigenvalue weighted by Crippen LogP contribution is -2.47. The highest BCUT2D eigenvalue weighted by atomic mass is 32.2. The zero-order chi connectivity index (χ0) is 19.0. The number of carbonyl (C=O) groups is 4. The van der Waals surface area contributed by atoms with Crippen molar-refractivity contribution < 1.29 is 23.9 Å². The van der Waals surface area contributed by atoms with Crippen molar-refractivity contribution in [2.75, 3.05) is 18.9 Å². The molecule has 142 valence electrons. The lowest BCUT2D eigenvalue weighted by atomic mass is 10.0. The Labute approximate surface area is 161 Å². The van der Waals surface area contributed by atoms with Crippen LogP contribution in [0.2, 0.25) is 0 Å². The van der Waals surface area contributed by atoms with Gasteiger partial charge in [-0.2, -0.15) is 0 Å². The van der Waals surface area contributed by atoms with Crippen molar-refractivity contribution >= 4 is 35.5 Å². The second-order valence-electron chi connectivity index (χ2n) is 6.89. The van der Waals surface area contributed by atoms with Gasteiger partial charge in [-0.1, -0.05) is 30.3 Å². The maximum Gasteiger partial charge on any atom is 0.330 e. The van der Waals surface area contributed by atoms with Crippen molar-refractivity contribution in [3.8, 4) is 0 Å². The Bertz CT molecular complexity index is 799. The molecule has 0 N–H and O–H groups in total. The van der Waals surface area contributed by atoms with E-state index in [1.165, 1.54) is 0 Å². The quantitative estimate of drug-likeness (QED) is 0.723. The molecule has 0 spiro atoms. The second kappa shape index (κ2) is 6.99. The van der Waals surface area contributed by atoms with Crippen LogP contribution in [0.3, 0.4) is 0 Å². The Morgan fingerprint density at radius 1 is 1.15 bits per heavy atom. The first-order chi connectivity index (χ1) is 13.0. The first-order valence-corrected chi connectivity index (χ1v) is 10.0. The van der Waals surface area contributed by atoms with Gasteiger partial charge >= 0.3 is 5.97 Å². The van der Waals surface area contributed by atoms with E-state index in [1.54, 1.807) is 16.7 Å². The minimum Gasteiger partial charge on any atom is -0.454 e. The van der Waals surface area contributed by atoms with E-state index in [4.69, 9.17) is 4.74 Å². The fraction of sp³-hybridized carbons (Fsp3) is 0.474. The Morgan fingerprint density at radius 3 is 2.63 bits per heavy atom. The molecule has 4 rings (SSSR count). The first-order valence-electron chi connectivity index (χ1n) is 9.04. The molecule has 3 amide bonds. The molecule has 3 fully saturated rings. The molecular formula is C19H20N2O5S. The molecule has 3 saturated heterocycles. The number of rotatable bonds is 4. The summed E-state index contributed by atoms with van der Waals surface area (Å²) >= 11 is 1.57. The molecule has 0 aromatic heterocycles. The van der Waals surface area contributed by atoms with Gasteiger partial charge < -0.3 is 9.64 Å². The van der Waals surface area contributed by atoms with Crippen molar-refractivity contribution in [2.45, 2.75) is 36.6 Å². The van der Waals surface area contributed by atoms with Crippen LogP contribution in [-0.4, -0.2) is 58.4 Å². The molecule has 2 atom stereocenters. The maximum absolute atomic E-state index is 12.6. The smallest absolute Gasteiger partial charge is 0.330 e. The number of likely N-dealkylation sites (tertiary alicyclic amines) is 1. The van der Waals surface area contributed by atoms with E-state index in [0.29, 0.717) is 38.0 Å². The van der Waals surface area contributed by atoms with Crippen molar-refractivity contribution in [2.24, 2.45) is 0 Å². The van der Waals surface area contributed by atoms with Gasteiger partial charge in [-0.25, -0.2) is 4.79 Å². The normalized spacial score (nSPS) is 27.2. The van der Waals surface area contributed by atoms with Crippen LogP contribution in [0.5, 0.6) is 0 Å². The van der Waals surface area contributed by atoms with Crippen LogP contribution in [-0.2, 0) is 28.8 Å². The summed E-state index contributed by atoms with van der Waals surface area (Å²) in [5.74, 6) is -0.970. The zero-order valence-corrected chi connectivity index (χ0v) is 15.6. The van der Waals surface area contributed by atoms with E-state index in [0.717, 1.165) is 10.5 Å². The van der Waals surface area contributed by atoms with E-state index >= 15 is 0 Å². The molecule has 0 radical (unpaired) electrons. The minimum atomic E-state index is -0.715. The Kier molecular flexibility index (Phi) is 4.67. The molecular weight excluding hydrogens is 368 g/mol. The summed E-state index contributed by atoms with van der Waals surface area (Å²) in [5.41, 5.74) is 0.995. The number of imide groups is 1.